The van der Waals surface area contributed by atoms with Crippen molar-refractivity contribution in [3.63, 3.8) is 0 Å². The van der Waals surface area contributed by atoms with Crippen LogP contribution in [0.25, 0.3) is 0 Å². The van der Waals surface area contributed by atoms with E-state index in [1.54, 1.807) is 12.1 Å². The molecule has 1 unspecified atom stereocenters. The van der Waals surface area contributed by atoms with E-state index >= 15 is 0 Å². The second kappa shape index (κ2) is 12.1. The Kier molecular flexibility index (Phi) is 10.2. The van der Waals surface area contributed by atoms with E-state index in [-0.39, 0.29) is 0 Å². The lowest BCUT2D eigenvalue weighted by molar-refractivity contribution is 0.112. The fourth-order valence-electron chi connectivity index (χ4n) is 2.87. The van der Waals surface area contributed by atoms with Crippen LogP contribution in [0.3, 0.4) is 0 Å². The highest BCUT2D eigenvalue weighted by atomic mass is 16.1. The normalized spacial score (nSPS) is 11.5. The van der Waals surface area contributed by atoms with Gasteiger partial charge in [-0.1, -0.05) is 44.5 Å². The van der Waals surface area contributed by atoms with Crippen LogP contribution in [0.15, 0.2) is 42.5 Å². The molecule has 2 rings (SSSR count). The Morgan fingerprint density at radius 1 is 1.15 bits per heavy atom. The molecule has 0 amide bonds. The molecule has 0 saturated heterocycles. The molecule has 0 aliphatic heterocycles. The van der Waals surface area contributed by atoms with Crippen LogP contribution in [0.4, 0.5) is 11.4 Å². The molecular formula is C23H35N3O. The molecule has 4 heteroatoms. The number of aldehydes is 1. The topological polar surface area (TPSA) is 58.4 Å². The van der Waals surface area contributed by atoms with Crippen LogP contribution in [0.1, 0.15) is 54.1 Å². The molecule has 0 fully saturated rings. The summed E-state index contributed by atoms with van der Waals surface area (Å²) in [5.41, 5.74) is 10.5. The van der Waals surface area contributed by atoms with Crippen LogP contribution < -0.4 is 11.1 Å². The van der Waals surface area contributed by atoms with E-state index < -0.39 is 0 Å². The van der Waals surface area contributed by atoms with Crippen molar-refractivity contribution in [1.29, 1.82) is 0 Å². The zero-order chi connectivity index (χ0) is 20.2. The molecule has 3 N–H and O–H groups in total. The van der Waals surface area contributed by atoms with Gasteiger partial charge in [-0.2, -0.15) is 0 Å². The summed E-state index contributed by atoms with van der Waals surface area (Å²) in [5.74, 6) is 0.663. The summed E-state index contributed by atoms with van der Waals surface area (Å²) in [7, 11) is 4.16. The summed E-state index contributed by atoms with van der Waals surface area (Å²) in [6.45, 7) is 8.66. The minimum absolute atomic E-state index is 0.628. The van der Waals surface area contributed by atoms with E-state index in [2.05, 4.69) is 55.4 Å². The van der Waals surface area contributed by atoms with Crippen LogP contribution in [-0.4, -0.2) is 38.4 Å². The smallest absolute Gasteiger partial charge is 0.150 e. The number of hydrogen-bond donors (Lipinski definition) is 2. The zero-order valence-electron chi connectivity index (χ0n) is 17.5. The SMILES string of the molecule is CCCC(CN(C)CC)c1ccc(NC)cc1.Cc1ccc(C=O)cc1N. The van der Waals surface area contributed by atoms with Crippen LogP contribution in [0.5, 0.6) is 0 Å². The molecule has 0 heterocycles. The number of carbonyl (C=O) groups is 1. The van der Waals surface area contributed by atoms with Gasteiger partial charge in [0.15, 0.2) is 0 Å². The van der Waals surface area contributed by atoms with E-state index in [4.69, 9.17) is 5.73 Å². The molecule has 2 aromatic rings. The highest BCUT2D eigenvalue weighted by Crippen LogP contribution is 2.23. The Hall–Kier alpha value is -2.33. The molecule has 0 spiro atoms. The van der Waals surface area contributed by atoms with Crippen molar-refractivity contribution >= 4 is 17.7 Å². The summed E-state index contributed by atoms with van der Waals surface area (Å²) < 4.78 is 0. The fraction of sp³-hybridized carbons (Fsp3) is 0.435. The number of benzene rings is 2. The van der Waals surface area contributed by atoms with Gasteiger partial charge < -0.3 is 16.0 Å². The van der Waals surface area contributed by atoms with Gasteiger partial charge in [0, 0.05) is 30.5 Å². The Morgan fingerprint density at radius 3 is 2.30 bits per heavy atom. The van der Waals surface area contributed by atoms with Gasteiger partial charge in [0.05, 0.1) is 0 Å². The zero-order valence-corrected chi connectivity index (χ0v) is 17.5. The third-order valence-corrected chi connectivity index (χ3v) is 4.82. The molecule has 0 bridgehead atoms. The average molecular weight is 370 g/mol. The first-order valence-corrected chi connectivity index (χ1v) is 9.72. The van der Waals surface area contributed by atoms with Gasteiger partial charge >= 0.3 is 0 Å². The lowest BCUT2D eigenvalue weighted by atomic mass is 9.94. The highest BCUT2D eigenvalue weighted by molar-refractivity contribution is 5.77. The van der Waals surface area contributed by atoms with Crippen molar-refractivity contribution in [3.05, 3.63) is 59.2 Å². The van der Waals surface area contributed by atoms with Gasteiger partial charge in [-0.25, -0.2) is 0 Å². The van der Waals surface area contributed by atoms with E-state index in [0.29, 0.717) is 17.2 Å². The number of rotatable bonds is 8. The van der Waals surface area contributed by atoms with Crippen molar-refractivity contribution in [2.45, 2.75) is 39.5 Å². The van der Waals surface area contributed by atoms with Crippen molar-refractivity contribution in [1.82, 2.24) is 4.90 Å². The third-order valence-electron chi connectivity index (χ3n) is 4.82. The summed E-state index contributed by atoms with van der Waals surface area (Å²) in [4.78, 5) is 12.6. The van der Waals surface area contributed by atoms with Gasteiger partial charge in [-0.3, -0.25) is 4.79 Å². The summed E-state index contributed by atoms with van der Waals surface area (Å²) in [5, 5.41) is 3.17. The molecule has 0 radical (unpaired) electrons. The fourth-order valence-corrected chi connectivity index (χ4v) is 2.87. The maximum Gasteiger partial charge on any atom is 0.150 e. The number of likely N-dealkylation sites (N-methyl/N-ethyl adjacent to an activating group) is 1. The molecule has 0 aromatic heterocycles. The number of nitrogen functional groups attached to an aromatic ring is 1. The van der Waals surface area contributed by atoms with E-state index in [1.165, 1.54) is 24.1 Å². The highest BCUT2D eigenvalue weighted by Gasteiger charge is 2.12. The van der Waals surface area contributed by atoms with Crippen LogP contribution in [0, 0.1) is 6.92 Å². The first-order chi connectivity index (χ1) is 12.9. The van der Waals surface area contributed by atoms with Crippen molar-refractivity contribution in [3.8, 4) is 0 Å². The number of nitrogens with zero attached hydrogens (tertiary/aromatic N) is 1. The van der Waals surface area contributed by atoms with E-state index in [1.807, 2.05) is 20.0 Å². The van der Waals surface area contributed by atoms with Gasteiger partial charge in [0.2, 0.25) is 0 Å². The van der Waals surface area contributed by atoms with Gasteiger partial charge in [0.25, 0.3) is 0 Å². The summed E-state index contributed by atoms with van der Waals surface area (Å²) in [6.07, 6.45) is 3.30. The van der Waals surface area contributed by atoms with Gasteiger partial charge in [-0.15, -0.1) is 0 Å². The Balaban J connectivity index is 0.000000309. The average Bonchev–Trinajstić information content (AvgIpc) is 2.70. The largest absolute Gasteiger partial charge is 0.398 e. The number of nitrogens with one attached hydrogen (secondary N) is 1. The molecule has 27 heavy (non-hydrogen) atoms. The molecule has 2 aromatic carbocycles. The quantitative estimate of drug-likeness (QED) is 0.510. The van der Waals surface area contributed by atoms with Crippen molar-refractivity contribution < 1.29 is 4.79 Å². The maximum absolute atomic E-state index is 10.2. The maximum atomic E-state index is 10.2. The Labute approximate surface area is 164 Å². The van der Waals surface area contributed by atoms with E-state index in [9.17, 15) is 4.79 Å². The molecule has 1 atom stereocenters. The molecule has 4 nitrogen and oxygen atoms in total. The number of carbonyl (C=O) groups excluding carboxylic acids is 1. The first kappa shape index (κ1) is 22.7. The number of anilines is 2. The molecule has 148 valence electrons. The van der Waals surface area contributed by atoms with Crippen molar-refractivity contribution in [2.24, 2.45) is 0 Å². The minimum atomic E-state index is 0.628. The first-order valence-electron chi connectivity index (χ1n) is 9.72. The number of aryl methyl sites for hydroxylation is 1. The minimum Gasteiger partial charge on any atom is -0.398 e. The third kappa shape index (κ3) is 7.83. The summed E-state index contributed by atoms with van der Waals surface area (Å²) >= 11 is 0. The molecule has 0 aliphatic carbocycles. The Bertz CT molecular complexity index is 683. The predicted molar refractivity (Wildman–Crippen MR) is 118 cm³/mol. The molecular weight excluding hydrogens is 334 g/mol. The predicted octanol–water partition coefficient (Wildman–Crippen LogP) is 4.95. The standard InChI is InChI=1S/C15H26N2.C8H9NO/c1-5-7-14(12-17(4)6-2)13-8-10-15(16-3)11-9-13;1-6-2-3-7(5-10)4-8(6)9/h8-11,14,16H,5-7,12H2,1-4H3;2-5H,9H2,1H3. The van der Waals surface area contributed by atoms with Crippen LogP contribution in [0.2, 0.25) is 0 Å². The monoisotopic (exact) mass is 369 g/mol. The van der Waals surface area contributed by atoms with E-state index in [0.717, 1.165) is 24.9 Å². The molecule has 0 saturated carbocycles. The van der Waals surface area contributed by atoms with Crippen LogP contribution in [-0.2, 0) is 0 Å². The van der Waals surface area contributed by atoms with Gasteiger partial charge in [0.1, 0.15) is 6.29 Å². The molecule has 0 aliphatic rings. The lowest BCUT2D eigenvalue weighted by Crippen LogP contribution is -2.24. The van der Waals surface area contributed by atoms with Crippen LogP contribution >= 0.6 is 0 Å². The van der Waals surface area contributed by atoms with Crippen molar-refractivity contribution in [2.75, 3.05) is 38.2 Å². The lowest BCUT2D eigenvalue weighted by Gasteiger charge is -2.23. The van der Waals surface area contributed by atoms with Gasteiger partial charge in [-0.05, 0) is 62.2 Å². The number of nitrogens with two attached hydrogens (primary N) is 1. The Morgan fingerprint density at radius 2 is 1.81 bits per heavy atom. The number of hydrogen-bond acceptors (Lipinski definition) is 4. The second-order valence-corrected chi connectivity index (χ2v) is 6.95. The summed E-state index contributed by atoms with van der Waals surface area (Å²) in [6, 6.07) is 14.1. The second-order valence-electron chi connectivity index (χ2n) is 6.95.